The highest BCUT2D eigenvalue weighted by Gasteiger charge is 2.27. The van der Waals surface area contributed by atoms with Crippen molar-refractivity contribution in [1.82, 2.24) is 4.90 Å². The normalized spacial score (nSPS) is 21.7. The molecule has 1 aliphatic heterocycles. The van der Waals surface area contributed by atoms with Gasteiger partial charge >= 0.3 is 0 Å². The highest BCUT2D eigenvalue weighted by atomic mass is 16.5. The zero-order chi connectivity index (χ0) is 13.0. The molecular formula is C14H20N2O2. The molecule has 1 aromatic rings. The molecule has 1 saturated heterocycles. The maximum Gasteiger partial charge on any atom is 0.244 e. The lowest BCUT2D eigenvalue weighted by Gasteiger charge is -2.34. The average Bonchev–Trinajstić information content (AvgIpc) is 2.46. The number of nitrogens with zero attached hydrogens (tertiary/aromatic N) is 1. The monoisotopic (exact) mass is 248 g/mol. The van der Waals surface area contributed by atoms with E-state index in [4.69, 9.17) is 10.5 Å². The van der Waals surface area contributed by atoms with Gasteiger partial charge in [0, 0.05) is 13.1 Å². The Labute approximate surface area is 108 Å². The summed E-state index contributed by atoms with van der Waals surface area (Å²) in [6.45, 7) is 3.95. The van der Waals surface area contributed by atoms with E-state index in [1.807, 2.05) is 35.2 Å². The van der Waals surface area contributed by atoms with E-state index in [0.29, 0.717) is 19.7 Å². The van der Waals surface area contributed by atoms with Crippen LogP contribution >= 0.6 is 0 Å². The van der Waals surface area contributed by atoms with Crippen molar-refractivity contribution >= 4 is 5.91 Å². The molecule has 98 valence electrons. The summed E-state index contributed by atoms with van der Waals surface area (Å²) in [4.78, 5) is 14.1. The van der Waals surface area contributed by atoms with Crippen molar-refractivity contribution in [2.24, 2.45) is 5.73 Å². The van der Waals surface area contributed by atoms with Gasteiger partial charge in [-0.15, -0.1) is 0 Å². The van der Waals surface area contributed by atoms with Gasteiger partial charge in [-0.25, -0.2) is 0 Å². The van der Waals surface area contributed by atoms with E-state index in [1.165, 1.54) is 0 Å². The van der Waals surface area contributed by atoms with Crippen LogP contribution in [0.15, 0.2) is 30.3 Å². The Morgan fingerprint density at radius 3 is 2.89 bits per heavy atom. The van der Waals surface area contributed by atoms with Crippen LogP contribution < -0.4 is 5.73 Å². The van der Waals surface area contributed by atoms with Crippen molar-refractivity contribution in [2.45, 2.75) is 25.5 Å². The van der Waals surface area contributed by atoms with Gasteiger partial charge in [0.15, 0.2) is 0 Å². The molecule has 1 heterocycles. The molecule has 2 N–H and O–H groups in total. The third kappa shape index (κ3) is 2.89. The molecule has 0 spiro atoms. The summed E-state index contributed by atoms with van der Waals surface area (Å²) < 4.78 is 5.56. The Bertz CT molecular complexity index is 394. The quantitative estimate of drug-likeness (QED) is 0.878. The van der Waals surface area contributed by atoms with Crippen LogP contribution in [0.1, 0.15) is 24.9 Å². The zero-order valence-electron chi connectivity index (χ0n) is 10.7. The van der Waals surface area contributed by atoms with Crippen LogP contribution in [-0.4, -0.2) is 36.6 Å². The summed E-state index contributed by atoms with van der Waals surface area (Å²) in [5.41, 5.74) is 6.89. The number of hydrogen-bond donors (Lipinski definition) is 1. The lowest BCUT2D eigenvalue weighted by molar-refractivity contribution is -0.140. The Kier molecular flexibility index (Phi) is 4.33. The van der Waals surface area contributed by atoms with Gasteiger partial charge in [0.05, 0.1) is 12.7 Å². The molecule has 0 saturated carbocycles. The van der Waals surface area contributed by atoms with Crippen LogP contribution in [0.3, 0.4) is 0 Å². The number of nitrogens with two attached hydrogens (primary N) is 1. The topological polar surface area (TPSA) is 55.6 Å². The molecule has 18 heavy (non-hydrogen) atoms. The molecule has 1 unspecified atom stereocenters. The molecule has 0 aromatic heterocycles. The predicted molar refractivity (Wildman–Crippen MR) is 70.0 cm³/mol. The number of carbonyl (C=O) groups is 1. The Balaban J connectivity index is 2.02. The van der Waals surface area contributed by atoms with Gasteiger partial charge < -0.3 is 15.4 Å². The predicted octanol–water partition coefficient (Wildman–Crippen LogP) is 1.32. The second kappa shape index (κ2) is 5.98. The number of benzene rings is 1. The van der Waals surface area contributed by atoms with Crippen molar-refractivity contribution in [2.75, 3.05) is 19.7 Å². The van der Waals surface area contributed by atoms with Gasteiger partial charge in [-0.05, 0) is 12.0 Å². The van der Waals surface area contributed by atoms with Crippen LogP contribution in [0.25, 0.3) is 0 Å². The van der Waals surface area contributed by atoms with Crippen molar-refractivity contribution in [1.29, 1.82) is 0 Å². The van der Waals surface area contributed by atoms with E-state index in [0.717, 1.165) is 12.0 Å². The minimum atomic E-state index is -0.568. The second-order valence-corrected chi connectivity index (χ2v) is 4.57. The van der Waals surface area contributed by atoms with Crippen molar-refractivity contribution < 1.29 is 9.53 Å². The first kappa shape index (κ1) is 13.1. The van der Waals surface area contributed by atoms with Gasteiger partial charge in [-0.3, -0.25) is 4.79 Å². The van der Waals surface area contributed by atoms with E-state index < -0.39 is 6.04 Å². The van der Waals surface area contributed by atoms with Crippen LogP contribution in [0.2, 0.25) is 0 Å². The summed E-state index contributed by atoms with van der Waals surface area (Å²) >= 11 is 0. The van der Waals surface area contributed by atoms with Gasteiger partial charge in [-0.2, -0.15) is 0 Å². The molecule has 0 radical (unpaired) electrons. The Morgan fingerprint density at radius 1 is 1.50 bits per heavy atom. The lowest BCUT2D eigenvalue weighted by atomic mass is 10.1. The molecule has 4 nitrogen and oxygen atoms in total. The standard InChI is InChI=1S/C14H20N2O2/c1-2-12-10-16(8-9-18-12)14(17)13(15)11-6-4-3-5-7-11/h3-7,12-13H,2,8-10,15H2,1H3/t12?,13-/m1/s1. The summed E-state index contributed by atoms with van der Waals surface area (Å²) in [6.07, 6.45) is 1.07. The van der Waals surface area contributed by atoms with E-state index >= 15 is 0 Å². The largest absolute Gasteiger partial charge is 0.375 e. The first-order valence-electron chi connectivity index (χ1n) is 6.43. The summed E-state index contributed by atoms with van der Waals surface area (Å²) in [5, 5.41) is 0. The molecule has 0 bridgehead atoms. The number of morpholine rings is 1. The van der Waals surface area contributed by atoms with Gasteiger partial charge in [0.1, 0.15) is 6.04 Å². The fraction of sp³-hybridized carbons (Fsp3) is 0.500. The molecule has 1 aliphatic rings. The fourth-order valence-corrected chi connectivity index (χ4v) is 2.17. The van der Waals surface area contributed by atoms with Crippen LogP contribution in [0.5, 0.6) is 0 Å². The van der Waals surface area contributed by atoms with E-state index in [-0.39, 0.29) is 12.0 Å². The van der Waals surface area contributed by atoms with E-state index in [2.05, 4.69) is 6.92 Å². The lowest BCUT2D eigenvalue weighted by Crippen LogP contribution is -2.48. The van der Waals surface area contributed by atoms with Crippen LogP contribution in [-0.2, 0) is 9.53 Å². The van der Waals surface area contributed by atoms with Gasteiger partial charge in [-0.1, -0.05) is 37.3 Å². The first-order valence-corrected chi connectivity index (χ1v) is 6.43. The number of carbonyl (C=O) groups excluding carboxylic acids is 1. The number of amides is 1. The maximum absolute atomic E-state index is 12.3. The molecule has 1 fully saturated rings. The minimum Gasteiger partial charge on any atom is -0.375 e. The maximum atomic E-state index is 12.3. The van der Waals surface area contributed by atoms with Crippen molar-refractivity contribution in [3.05, 3.63) is 35.9 Å². The van der Waals surface area contributed by atoms with Crippen LogP contribution in [0.4, 0.5) is 0 Å². The molecule has 1 aromatic carbocycles. The first-order chi connectivity index (χ1) is 8.72. The number of rotatable bonds is 3. The van der Waals surface area contributed by atoms with Crippen molar-refractivity contribution in [3.63, 3.8) is 0 Å². The molecular weight excluding hydrogens is 228 g/mol. The molecule has 2 atom stereocenters. The highest BCUT2D eigenvalue weighted by molar-refractivity contribution is 5.83. The number of hydrogen-bond acceptors (Lipinski definition) is 3. The highest BCUT2D eigenvalue weighted by Crippen LogP contribution is 2.16. The fourth-order valence-electron chi connectivity index (χ4n) is 2.17. The molecule has 4 heteroatoms. The smallest absolute Gasteiger partial charge is 0.244 e. The minimum absolute atomic E-state index is 0.0112. The summed E-state index contributed by atoms with van der Waals surface area (Å²) in [7, 11) is 0. The molecule has 1 amide bonds. The van der Waals surface area contributed by atoms with Crippen LogP contribution in [0, 0.1) is 0 Å². The summed E-state index contributed by atoms with van der Waals surface area (Å²) in [6, 6.07) is 8.93. The number of ether oxygens (including phenoxy) is 1. The third-order valence-corrected chi connectivity index (χ3v) is 3.33. The summed E-state index contributed by atoms with van der Waals surface area (Å²) in [5.74, 6) is -0.0112. The SMILES string of the molecule is CCC1CN(C(=O)[C@H](N)c2ccccc2)CCO1. The van der Waals surface area contributed by atoms with E-state index in [9.17, 15) is 4.79 Å². The van der Waals surface area contributed by atoms with Crippen molar-refractivity contribution in [3.8, 4) is 0 Å². The Hall–Kier alpha value is -1.39. The average molecular weight is 248 g/mol. The second-order valence-electron chi connectivity index (χ2n) is 4.57. The zero-order valence-corrected chi connectivity index (χ0v) is 10.7. The van der Waals surface area contributed by atoms with Gasteiger partial charge in [0.25, 0.3) is 0 Å². The third-order valence-electron chi connectivity index (χ3n) is 3.33. The van der Waals surface area contributed by atoms with Gasteiger partial charge in [0.2, 0.25) is 5.91 Å². The van der Waals surface area contributed by atoms with E-state index in [1.54, 1.807) is 0 Å². The molecule has 2 rings (SSSR count). The Morgan fingerprint density at radius 2 is 2.22 bits per heavy atom. The molecule has 0 aliphatic carbocycles.